The van der Waals surface area contributed by atoms with E-state index in [1.807, 2.05) is 89.8 Å². The molecule has 5 nitrogen and oxygen atoms in total. The maximum atomic E-state index is 13.8. The number of rotatable bonds is 6. The fraction of sp³-hybridized carbons (Fsp3) is 0.100. The van der Waals surface area contributed by atoms with Gasteiger partial charge in [0.15, 0.2) is 0 Å². The average Bonchev–Trinajstić information content (AvgIpc) is 3.43. The molecule has 1 aliphatic rings. The van der Waals surface area contributed by atoms with Crippen molar-refractivity contribution in [1.29, 1.82) is 0 Å². The molecule has 4 aromatic carbocycles. The third kappa shape index (κ3) is 4.02. The Hall–Kier alpha value is -4.51. The van der Waals surface area contributed by atoms with Crippen LogP contribution in [0.3, 0.4) is 0 Å². The predicted octanol–water partition coefficient (Wildman–Crippen LogP) is 6.78. The first-order valence-electron chi connectivity index (χ1n) is 11.7. The van der Waals surface area contributed by atoms with Crippen molar-refractivity contribution in [2.75, 3.05) is 5.32 Å². The summed E-state index contributed by atoms with van der Waals surface area (Å²) in [5.41, 5.74) is 3.45. The van der Waals surface area contributed by atoms with Crippen molar-refractivity contribution in [1.82, 2.24) is 4.90 Å². The van der Waals surface area contributed by atoms with Crippen LogP contribution in [-0.4, -0.2) is 10.8 Å². The zero-order chi connectivity index (χ0) is 23.6. The van der Waals surface area contributed by atoms with Gasteiger partial charge in [0.25, 0.3) is 5.91 Å². The highest BCUT2D eigenvalue weighted by Crippen LogP contribution is 2.41. The number of benzene rings is 4. The van der Waals surface area contributed by atoms with E-state index < -0.39 is 6.17 Å². The number of amides is 1. The molecule has 0 radical (unpaired) electrons. The summed E-state index contributed by atoms with van der Waals surface area (Å²) in [6.07, 6.45) is 1.19. The third-order valence-corrected chi connectivity index (χ3v) is 6.37. The highest BCUT2D eigenvalue weighted by atomic mass is 16.5. The van der Waals surface area contributed by atoms with Crippen molar-refractivity contribution >= 4 is 22.4 Å². The van der Waals surface area contributed by atoms with Gasteiger partial charge >= 0.3 is 0 Å². The van der Waals surface area contributed by atoms with E-state index in [4.69, 9.17) is 9.15 Å². The number of nitrogens with zero attached hydrogens (tertiary/aromatic N) is 1. The second-order valence-electron chi connectivity index (χ2n) is 8.58. The molecule has 0 saturated heterocycles. The van der Waals surface area contributed by atoms with Gasteiger partial charge in [0.05, 0.1) is 18.4 Å². The Labute approximate surface area is 203 Å². The summed E-state index contributed by atoms with van der Waals surface area (Å²) in [6.45, 7) is 0.765. The van der Waals surface area contributed by atoms with Crippen molar-refractivity contribution in [3.63, 3.8) is 0 Å². The summed E-state index contributed by atoms with van der Waals surface area (Å²) in [5, 5.41) is 5.74. The molecule has 2 heterocycles. The lowest BCUT2D eigenvalue weighted by Crippen LogP contribution is -2.42. The molecule has 1 N–H and O–H groups in total. The second kappa shape index (κ2) is 9.03. The van der Waals surface area contributed by atoms with Crippen molar-refractivity contribution < 1.29 is 13.9 Å². The SMILES string of the molecule is O=C1c2ccccc2NC(c2c(OCc3ccccc3)ccc3ccccc23)N1Cc1ccco1. The van der Waals surface area contributed by atoms with Gasteiger partial charge in [-0.2, -0.15) is 0 Å². The molecule has 1 atom stereocenters. The summed E-state index contributed by atoms with van der Waals surface area (Å²) in [4.78, 5) is 15.6. The maximum absolute atomic E-state index is 13.8. The number of carbonyl (C=O) groups is 1. The van der Waals surface area contributed by atoms with Gasteiger partial charge in [0, 0.05) is 11.3 Å². The van der Waals surface area contributed by atoms with E-state index in [-0.39, 0.29) is 5.91 Å². The van der Waals surface area contributed by atoms with Crippen molar-refractivity contribution in [2.24, 2.45) is 0 Å². The molecule has 5 heteroatoms. The van der Waals surface area contributed by atoms with E-state index in [2.05, 4.69) is 23.5 Å². The summed E-state index contributed by atoms with van der Waals surface area (Å²) >= 11 is 0. The molecule has 6 rings (SSSR count). The zero-order valence-corrected chi connectivity index (χ0v) is 19.1. The van der Waals surface area contributed by atoms with Crippen LogP contribution in [-0.2, 0) is 13.2 Å². The van der Waals surface area contributed by atoms with Gasteiger partial charge in [-0.25, -0.2) is 0 Å². The number of hydrogen-bond donors (Lipinski definition) is 1. The Balaban J connectivity index is 1.48. The van der Waals surface area contributed by atoms with Gasteiger partial charge in [-0.3, -0.25) is 4.79 Å². The molecule has 1 aromatic heterocycles. The van der Waals surface area contributed by atoms with Crippen LogP contribution in [0.1, 0.15) is 33.4 Å². The van der Waals surface area contributed by atoms with Crippen molar-refractivity contribution in [3.8, 4) is 5.75 Å². The summed E-state index contributed by atoms with van der Waals surface area (Å²) in [7, 11) is 0. The van der Waals surface area contributed by atoms with Gasteiger partial charge in [0.2, 0.25) is 0 Å². The molecule has 35 heavy (non-hydrogen) atoms. The van der Waals surface area contributed by atoms with Crippen LogP contribution in [0.2, 0.25) is 0 Å². The van der Waals surface area contributed by atoms with Crippen LogP contribution in [0, 0.1) is 0 Å². The zero-order valence-electron chi connectivity index (χ0n) is 19.1. The van der Waals surface area contributed by atoms with Crippen molar-refractivity contribution in [2.45, 2.75) is 19.3 Å². The molecule has 1 unspecified atom stereocenters. The molecule has 172 valence electrons. The molecule has 0 saturated carbocycles. The molecule has 0 aliphatic carbocycles. The first-order valence-corrected chi connectivity index (χ1v) is 11.7. The lowest BCUT2D eigenvalue weighted by molar-refractivity contribution is 0.0650. The summed E-state index contributed by atoms with van der Waals surface area (Å²) < 4.78 is 12.0. The average molecular weight is 461 g/mol. The number of ether oxygens (including phenoxy) is 1. The number of para-hydroxylation sites is 1. The number of anilines is 1. The smallest absolute Gasteiger partial charge is 0.258 e. The molecule has 5 aromatic rings. The van der Waals surface area contributed by atoms with Crippen LogP contribution in [0.15, 0.2) is 114 Å². The van der Waals surface area contributed by atoms with E-state index in [9.17, 15) is 4.79 Å². The molecule has 1 aliphatic heterocycles. The second-order valence-corrected chi connectivity index (χ2v) is 8.58. The van der Waals surface area contributed by atoms with Gasteiger partial charge in [0.1, 0.15) is 24.3 Å². The minimum atomic E-state index is -0.445. The maximum Gasteiger partial charge on any atom is 0.258 e. The Morgan fingerprint density at radius 3 is 2.49 bits per heavy atom. The highest BCUT2D eigenvalue weighted by molar-refractivity contribution is 6.02. The first-order chi connectivity index (χ1) is 17.3. The fourth-order valence-corrected chi connectivity index (χ4v) is 4.67. The topological polar surface area (TPSA) is 54.7 Å². The summed E-state index contributed by atoms with van der Waals surface area (Å²) in [6, 6.07) is 33.7. The molecule has 0 fully saturated rings. The third-order valence-electron chi connectivity index (χ3n) is 6.37. The molecule has 1 amide bonds. The lowest BCUT2D eigenvalue weighted by atomic mass is 9.97. The lowest BCUT2D eigenvalue weighted by Gasteiger charge is -2.38. The Morgan fingerprint density at radius 1 is 0.829 bits per heavy atom. The minimum absolute atomic E-state index is 0.0531. The Bertz CT molecular complexity index is 1480. The van der Waals surface area contributed by atoms with Crippen LogP contribution in [0.5, 0.6) is 5.75 Å². The van der Waals surface area contributed by atoms with E-state index >= 15 is 0 Å². The quantitative estimate of drug-likeness (QED) is 0.304. The normalized spacial score (nSPS) is 15.0. The minimum Gasteiger partial charge on any atom is -0.488 e. The number of hydrogen-bond acceptors (Lipinski definition) is 4. The largest absolute Gasteiger partial charge is 0.488 e. The van der Waals surface area contributed by atoms with E-state index in [0.717, 1.165) is 39.1 Å². The van der Waals surface area contributed by atoms with Crippen LogP contribution < -0.4 is 10.1 Å². The first kappa shape index (κ1) is 21.1. The van der Waals surface area contributed by atoms with E-state index in [0.29, 0.717) is 18.7 Å². The molecular formula is C30H24N2O3. The molecule has 0 bridgehead atoms. The van der Waals surface area contributed by atoms with Gasteiger partial charge < -0.3 is 19.4 Å². The monoisotopic (exact) mass is 460 g/mol. The number of furan rings is 1. The van der Waals surface area contributed by atoms with E-state index in [1.54, 1.807) is 6.26 Å². The summed E-state index contributed by atoms with van der Waals surface area (Å²) in [5.74, 6) is 1.40. The number of fused-ring (bicyclic) bond motifs is 2. The highest BCUT2D eigenvalue weighted by Gasteiger charge is 2.36. The van der Waals surface area contributed by atoms with Gasteiger partial charge in [-0.1, -0.05) is 72.8 Å². The van der Waals surface area contributed by atoms with Crippen LogP contribution in [0.25, 0.3) is 10.8 Å². The van der Waals surface area contributed by atoms with Crippen LogP contribution >= 0.6 is 0 Å². The van der Waals surface area contributed by atoms with E-state index in [1.165, 1.54) is 0 Å². The fourth-order valence-electron chi connectivity index (χ4n) is 4.67. The Morgan fingerprint density at radius 2 is 1.63 bits per heavy atom. The van der Waals surface area contributed by atoms with Gasteiger partial charge in [-0.15, -0.1) is 0 Å². The predicted molar refractivity (Wildman–Crippen MR) is 136 cm³/mol. The van der Waals surface area contributed by atoms with Crippen LogP contribution in [0.4, 0.5) is 5.69 Å². The standard InChI is InChI=1S/C30H24N2O3/c33-30-25-14-6-7-15-26(25)31-29(32(30)19-23-12-8-18-34-23)28-24-13-5-4-11-22(24)16-17-27(28)35-20-21-9-2-1-3-10-21/h1-18,29,31H,19-20H2. The Kier molecular flexibility index (Phi) is 5.43. The molecule has 0 spiro atoms. The van der Waals surface area contributed by atoms with Gasteiger partial charge in [-0.05, 0) is 46.7 Å². The number of nitrogens with one attached hydrogen (secondary N) is 1. The number of carbonyl (C=O) groups excluding carboxylic acids is 1. The molecular weight excluding hydrogens is 436 g/mol. The van der Waals surface area contributed by atoms with Crippen molar-refractivity contribution in [3.05, 3.63) is 132 Å².